The molecule has 0 amide bonds. The molecule has 4 heterocycles. The van der Waals surface area contributed by atoms with Crippen molar-refractivity contribution >= 4 is 0 Å². The van der Waals surface area contributed by atoms with Gasteiger partial charge >= 0.3 is 0 Å². The summed E-state index contributed by atoms with van der Waals surface area (Å²) < 4.78 is 4.57. The van der Waals surface area contributed by atoms with Gasteiger partial charge in [0, 0.05) is 31.8 Å². The molecule has 2 aliphatic rings. The average molecular weight is 258 g/mol. The summed E-state index contributed by atoms with van der Waals surface area (Å²) in [6, 6.07) is 0.557. The van der Waals surface area contributed by atoms with Crippen LogP contribution in [0.15, 0.2) is 0 Å². The fraction of sp³-hybridized carbons (Fsp3) is 0.692. The van der Waals surface area contributed by atoms with Gasteiger partial charge in [0.05, 0.1) is 0 Å². The highest BCUT2D eigenvalue weighted by atomic mass is 15.3. The van der Waals surface area contributed by atoms with E-state index >= 15 is 0 Å². The zero-order valence-corrected chi connectivity index (χ0v) is 11.4. The van der Waals surface area contributed by atoms with Gasteiger partial charge in [-0.25, -0.2) is 0 Å². The lowest BCUT2D eigenvalue weighted by molar-refractivity contribution is 0.461. The lowest BCUT2D eigenvalue weighted by atomic mass is 10.0. The first-order valence-electron chi connectivity index (χ1n) is 7.03. The molecule has 0 aliphatic carbocycles. The largest absolute Gasteiger partial charge is 0.315 e. The molecule has 2 atom stereocenters. The Bertz CT molecular complexity index is 625. The maximum atomic E-state index is 4.39. The van der Waals surface area contributed by atoms with Crippen molar-refractivity contribution in [1.82, 2.24) is 29.5 Å². The molecule has 6 heteroatoms. The molecule has 19 heavy (non-hydrogen) atoms. The Hall–Kier alpha value is -1.72. The summed E-state index contributed by atoms with van der Waals surface area (Å²) >= 11 is 0. The molecule has 0 bridgehead atoms. The standard InChI is InChI=1S/C13H18N6/c1-8-3-4-11-15-17-13(19(8)11)6-10-5-12-16-14-9(2)18(12)7-10/h8,10H,3-7H2,1-2H3. The number of aromatic nitrogens is 6. The average Bonchev–Trinajstić information content (AvgIpc) is 3.09. The van der Waals surface area contributed by atoms with Gasteiger partial charge in [-0.3, -0.25) is 0 Å². The molecule has 0 saturated carbocycles. The zero-order valence-electron chi connectivity index (χ0n) is 11.4. The third-order valence-electron chi connectivity index (χ3n) is 4.46. The van der Waals surface area contributed by atoms with Crippen LogP contribution in [-0.4, -0.2) is 29.5 Å². The molecule has 0 saturated heterocycles. The topological polar surface area (TPSA) is 61.4 Å². The molecule has 6 nitrogen and oxygen atoms in total. The Morgan fingerprint density at radius 3 is 2.84 bits per heavy atom. The number of rotatable bonds is 2. The highest BCUT2D eigenvalue weighted by Crippen LogP contribution is 2.28. The van der Waals surface area contributed by atoms with E-state index < -0.39 is 0 Å². The smallest absolute Gasteiger partial charge is 0.133 e. The molecule has 0 spiro atoms. The Balaban J connectivity index is 1.55. The fourth-order valence-electron chi connectivity index (χ4n) is 3.44. The van der Waals surface area contributed by atoms with Crippen LogP contribution in [0.5, 0.6) is 0 Å². The van der Waals surface area contributed by atoms with Gasteiger partial charge < -0.3 is 9.13 Å². The van der Waals surface area contributed by atoms with E-state index in [1.165, 1.54) is 6.42 Å². The molecule has 4 rings (SSSR count). The van der Waals surface area contributed by atoms with E-state index in [9.17, 15) is 0 Å². The van der Waals surface area contributed by atoms with Gasteiger partial charge in [-0.1, -0.05) is 0 Å². The summed E-state index contributed by atoms with van der Waals surface area (Å²) in [5, 5.41) is 17.1. The molecule has 0 aromatic carbocycles. The van der Waals surface area contributed by atoms with Crippen molar-refractivity contribution in [3.8, 4) is 0 Å². The van der Waals surface area contributed by atoms with Crippen LogP contribution in [0.2, 0.25) is 0 Å². The third kappa shape index (κ3) is 1.62. The highest BCUT2D eigenvalue weighted by molar-refractivity contribution is 5.08. The van der Waals surface area contributed by atoms with Crippen molar-refractivity contribution in [2.75, 3.05) is 0 Å². The van der Waals surface area contributed by atoms with E-state index in [-0.39, 0.29) is 0 Å². The Labute approximate surface area is 111 Å². The molecular weight excluding hydrogens is 240 g/mol. The van der Waals surface area contributed by atoms with E-state index in [0.717, 1.165) is 49.1 Å². The molecule has 2 aromatic heterocycles. The zero-order chi connectivity index (χ0) is 13.0. The summed E-state index contributed by atoms with van der Waals surface area (Å²) in [6.45, 7) is 5.30. The van der Waals surface area contributed by atoms with Crippen LogP contribution in [0.1, 0.15) is 42.7 Å². The van der Waals surface area contributed by atoms with Gasteiger partial charge in [-0.05, 0) is 26.2 Å². The molecule has 100 valence electrons. The number of fused-ring (bicyclic) bond motifs is 2. The van der Waals surface area contributed by atoms with Gasteiger partial charge in [-0.2, -0.15) is 0 Å². The Kier molecular flexibility index (Phi) is 2.28. The van der Waals surface area contributed by atoms with E-state index in [1.54, 1.807) is 0 Å². The lowest BCUT2D eigenvalue weighted by Gasteiger charge is -2.12. The van der Waals surface area contributed by atoms with E-state index in [0.29, 0.717) is 12.0 Å². The predicted molar refractivity (Wildman–Crippen MR) is 68.7 cm³/mol. The second kappa shape index (κ2) is 3.88. The minimum absolute atomic E-state index is 0.557. The summed E-state index contributed by atoms with van der Waals surface area (Å²) in [5.74, 6) is 5.05. The molecule has 2 aliphatic heterocycles. The van der Waals surface area contributed by atoms with Crippen molar-refractivity contribution in [2.45, 2.75) is 52.1 Å². The van der Waals surface area contributed by atoms with Crippen LogP contribution < -0.4 is 0 Å². The fourth-order valence-corrected chi connectivity index (χ4v) is 3.44. The van der Waals surface area contributed by atoms with Crippen LogP contribution >= 0.6 is 0 Å². The van der Waals surface area contributed by atoms with Crippen molar-refractivity contribution in [1.29, 1.82) is 0 Å². The summed E-state index contributed by atoms with van der Waals surface area (Å²) in [4.78, 5) is 0. The summed E-state index contributed by atoms with van der Waals surface area (Å²) in [5.41, 5.74) is 0. The van der Waals surface area contributed by atoms with Gasteiger partial charge in [0.1, 0.15) is 23.3 Å². The van der Waals surface area contributed by atoms with Crippen LogP contribution in [0.3, 0.4) is 0 Å². The van der Waals surface area contributed by atoms with Crippen LogP contribution in [0.25, 0.3) is 0 Å². The number of aryl methyl sites for hydroxylation is 2. The predicted octanol–water partition coefficient (Wildman–Crippen LogP) is 1.10. The van der Waals surface area contributed by atoms with Gasteiger partial charge in [0.2, 0.25) is 0 Å². The second-order valence-corrected chi connectivity index (χ2v) is 5.84. The van der Waals surface area contributed by atoms with Gasteiger partial charge in [-0.15, -0.1) is 20.4 Å². The van der Waals surface area contributed by atoms with Gasteiger partial charge in [0.15, 0.2) is 0 Å². The van der Waals surface area contributed by atoms with Crippen molar-refractivity contribution in [3.63, 3.8) is 0 Å². The van der Waals surface area contributed by atoms with E-state index in [2.05, 4.69) is 36.5 Å². The Morgan fingerprint density at radius 1 is 1.16 bits per heavy atom. The lowest BCUT2D eigenvalue weighted by Crippen LogP contribution is -2.13. The number of nitrogens with zero attached hydrogens (tertiary/aromatic N) is 6. The van der Waals surface area contributed by atoms with Crippen molar-refractivity contribution < 1.29 is 0 Å². The monoisotopic (exact) mass is 258 g/mol. The van der Waals surface area contributed by atoms with Crippen LogP contribution in [-0.2, 0) is 25.8 Å². The first-order chi connectivity index (χ1) is 9.22. The maximum absolute atomic E-state index is 4.39. The number of hydrogen-bond acceptors (Lipinski definition) is 4. The third-order valence-corrected chi connectivity index (χ3v) is 4.46. The molecule has 0 fully saturated rings. The van der Waals surface area contributed by atoms with Crippen molar-refractivity contribution in [3.05, 3.63) is 23.3 Å². The molecule has 0 radical (unpaired) electrons. The Morgan fingerprint density at radius 2 is 2.00 bits per heavy atom. The summed E-state index contributed by atoms with van der Waals surface area (Å²) in [6.07, 6.45) is 4.29. The van der Waals surface area contributed by atoms with Crippen molar-refractivity contribution in [2.24, 2.45) is 5.92 Å². The first kappa shape index (κ1) is 11.1. The highest BCUT2D eigenvalue weighted by Gasteiger charge is 2.29. The van der Waals surface area contributed by atoms with Crippen LogP contribution in [0.4, 0.5) is 0 Å². The minimum atomic E-state index is 0.557. The minimum Gasteiger partial charge on any atom is -0.315 e. The van der Waals surface area contributed by atoms with E-state index in [4.69, 9.17) is 0 Å². The maximum Gasteiger partial charge on any atom is 0.133 e. The van der Waals surface area contributed by atoms with Gasteiger partial charge in [0.25, 0.3) is 0 Å². The molecule has 0 N–H and O–H groups in total. The molecule has 2 aromatic rings. The first-order valence-corrected chi connectivity index (χ1v) is 7.03. The molecular formula is C13H18N6. The SMILES string of the molecule is Cc1nnc2n1CC(Cc1nnc3n1C(C)CC3)C2. The second-order valence-electron chi connectivity index (χ2n) is 5.84. The number of hydrogen-bond donors (Lipinski definition) is 0. The van der Waals surface area contributed by atoms with Crippen LogP contribution in [0, 0.1) is 12.8 Å². The normalized spacial score (nSPS) is 24.7. The molecule has 2 unspecified atom stereocenters. The quantitative estimate of drug-likeness (QED) is 0.809. The van der Waals surface area contributed by atoms with E-state index in [1.807, 2.05) is 6.92 Å². The summed E-state index contributed by atoms with van der Waals surface area (Å²) in [7, 11) is 0.